The third-order valence-corrected chi connectivity index (χ3v) is 3.47. The van der Waals surface area contributed by atoms with Gasteiger partial charge in [0, 0.05) is 22.6 Å². The molecule has 0 saturated carbocycles. The van der Waals surface area contributed by atoms with E-state index in [1.165, 1.54) is 12.1 Å². The molecule has 0 aromatic heterocycles. The summed E-state index contributed by atoms with van der Waals surface area (Å²) in [6.07, 6.45) is 0.842. The van der Waals surface area contributed by atoms with E-state index >= 15 is 0 Å². The number of nitrogens with one attached hydrogen (secondary N) is 1. The van der Waals surface area contributed by atoms with Crippen LogP contribution >= 0.6 is 23.2 Å². The van der Waals surface area contributed by atoms with Gasteiger partial charge in [-0.15, -0.1) is 0 Å². The minimum absolute atomic E-state index is 0.206. The first-order valence-electron chi connectivity index (χ1n) is 6.46. The first-order valence-corrected chi connectivity index (χ1v) is 7.21. The molecule has 106 valence electrons. The summed E-state index contributed by atoms with van der Waals surface area (Å²) in [5.74, 6) is -0.206. The molecule has 0 aliphatic rings. The summed E-state index contributed by atoms with van der Waals surface area (Å²) < 4.78 is 12.8. The Bertz CT molecular complexity index is 549. The standard InChI is InChI=1S/C16H16Cl2FN/c1-11(6-12-2-4-16(19)5-3-12)20-10-13-7-14(17)9-15(18)8-13/h2-5,7-9,11,20H,6,10H2,1H3. The van der Waals surface area contributed by atoms with Crippen LogP contribution in [0.3, 0.4) is 0 Å². The minimum atomic E-state index is -0.206. The van der Waals surface area contributed by atoms with Crippen molar-refractivity contribution in [3.05, 3.63) is 69.5 Å². The average Bonchev–Trinajstić information content (AvgIpc) is 2.38. The second-order valence-electron chi connectivity index (χ2n) is 4.89. The van der Waals surface area contributed by atoms with Gasteiger partial charge in [0.1, 0.15) is 5.82 Å². The van der Waals surface area contributed by atoms with Crippen molar-refractivity contribution in [3.8, 4) is 0 Å². The monoisotopic (exact) mass is 311 g/mol. The third kappa shape index (κ3) is 4.78. The summed E-state index contributed by atoms with van der Waals surface area (Å²) in [6.45, 7) is 2.79. The first-order chi connectivity index (χ1) is 9.52. The van der Waals surface area contributed by atoms with Crippen molar-refractivity contribution in [2.75, 3.05) is 0 Å². The number of benzene rings is 2. The predicted molar refractivity (Wildman–Crippen MR) is 82.9 cm³/mol. The number of rotatable bonds is 5. The van der Waals surface area contributed by atoms with Gasteiger partial charge in [-0.25, -0.2) is 4.39 Å². The molecule has 2 rings (SSSR count). The van der Waals surface area contributed by atoms with Crippen molar-refractivity contribution in [3.63, 3.8) is 0 Å². The normalized spacial score (nSPS) is 12.4. The lowest BCUT2D eigenvalue weighted by Crippen LogP contribution is -2.27. The van der Waals surface area contributed by atoms with Gasteiger partial charge < -0.3 is 5.32 Å². The molecular formula is C16H16Cl2FN. The molecule has 1 N–H and O–H groups in total. The molecule has 0 amide bonds. The third-order valence-electron chi connectivity index (χ3n) is 3.03. The maximum absolute atomic E-state index is 12.8. The van der Waals surface area contributed by atoms with Crippen molar-refractivity contribution in [1.82, 2.24) is 5.32 Å². The Balaban J connectivity index is 1.88. The van der Waals surface area contributed by atoms with E-state index in [-0.39, 0.29) is 11.9 Å². The highest BCUT2D eigenvalue weighted by Crippen LogP contribution is 2.19. The number of hydrogen-bond acceptors (Lipinski definition) is 1. The molecule has 4 heteroatoms. The van der Waals surface area contributed by atoms with Crippen molar-refractivity contribution >= 4 is 23.2 Å². The quantitative estimate of drug-likeness (QED) is 0.832. The van der Waals surface area contributed by atoms with Gasteiger partial charge in [-0.3, -0.25) is 0 Å². The Morgan fingerprint density at radius 2 is 1.60 bits per heavy atom. The van der Waals surface area contributed by atoms with Gasteiger partial charge in [-0.05, 0) is 54.8 Å². The van der Waals surface area contributed by atoms with Gasteiger partial charge in [0.05, 0.1) is 0 Å². The summed E-state index contributed by atoms with van der Waals surface area (Å²) in [4.78, 5) is 0. The fourth-order valence-corrected chi connectivity index (χ4v) is 2.62. The van der Waals surface area contributed by atoms with E-state index in [1.54, 1.807) is 6.07 Å². The molecule has 1 nitrogen and oxygen atoms in total. The predicted octanol–water partition coefficient (Wildman–Crippen LogP) is 4.85. The lowest BCUT2D eigenvalue weighted by atomic mass is 10.1. The fourth-order valence-electron chi connectivity index (χ4n) is 2.05. The molecule has 2 aromatic rings. The van der Waals surface area contributed by atoms with E-state index in [2.05, 4.69) is 12.2 Å². The zero-order valence-electron chi connectivity index (χ0n) is 11.2. The second-order valence-corrected chi connectivity index (χ2v) is 5.76. The van der Waals surface area contributed by atoms with Crippen LogP contribution in [0.2, 0.25) is 10.0 Å². The average molecular weight is 312 g/mol. The van der Waals surface area contributed by atoms with Crippen LogP contribution in [0.4, 0.5) is 4.39 Å². The maximum atomic E-state index is 12.8. The van der Waals surface area contributed by atoms with Crippen LogP contribution in [-0.2, 0) is 13.0 Å². The van der Waals surface area contributed by atoms with Gasteiger partial charge in [0.15, 0.2) is 0 Å². The Morgan fingerprint density at radius 1 is 1.00 bits per heavy atom. The molecular weight excluding hydrogens is 296 g/mol. The summed E-state index contributed by atoms with van der Waals surface area (Å²) in [5.41, 5.74) is 2.16. The van der Waals surface area contributed by atoms with Crippen LogP contribution in [0.1, 0.15) is 18.1 Å². The lowest BCUT2D eigenvalue weighted by Gasteiger charge is -2.14. The zero-order valence-corrected chi connectivity index (χ0v) is 12.7. The van der Waals surface area contributed by atoms with Crippen LogP contribution in [0.5, 0.6) is 0 Å². The van der Waals surface area contributed by atoms with E-state index in [1.807, 2.05) is 24.3 Å². The maximum Gasteiger partial charge on any atom is 0.123 e. The van der Waals surface area contributed by atoms with Crippen molar-refractivity contribution in [2.45, 2.75) is 25.9 Å². The molecule has 0 spiro atoms. The van der Waals surface area contributed by atoms with Crippen LogP contribution in [0.15, 0.2) is 42.5 Å². The zero-order chi connectivity index (χ0) is 14.5. The molecule has 2 aromatic carbocycles. The van der Waals surface area contributed by atoms with Gasteiger partial charge in [0.25, 0.3) is 0 Å². The topological polar surface area (TPSA) is 12.0 Å². The van der Waals surface area contributed by atoms with E-state index in [0.29, 0.717) is 16.6 Å². The van der Waals surface area contributed by atoms with E-state index in [9.17, 15) is 4.39 Å². The van der Waals surface area contributed by atoms with Gasteiger partial charge in [0.2, 0.25) is 0 Å². The van der Waals surface area contributed by atoms with Crippen molar-refractivity contribution in [2.24, 2.45) is 0 Å². The number of hydrogen-bond donors (Lipinski definition) is 1. The molecule has 20 heavy (non-hydrogen) atoms. The number of halogens is 3. The second kappa shape index (κ2) is 7.07. The molecule has 0 fully saturated rings. The molecule has 1 atom stereocenters. The Kier molecular flexibility index (Phi) is 5.41. The van der Waals surface area contributed by atoms with Crippen LogP contribution in [0, 0.1) is 5.82 Å². The molecule has 0 radical (unpaired) electrons. The SMILES string of the molecule is CC(Cc1ccc(F)cc1)NCc1cc(Cl)cc(Cl)c1. The van der Waals surface area contributed by atoms with Crippen molar-refractivity contribution < 1.29 is 4.39 Å². The van der Waals surface area contributed by atoms with Crippen molar-refractivity contribution in [1.29, 1.82) is 0 Å². The first kappa shape index (κ1) is 15.3. The Labute approximate surface area is 128 Å². The molecule has 0 bridgehead atoms. The van der Waals surface area contributed by atoms with Crippen LogP contribution in [0.25, 0.3) is 0 Å². The van der Waals surface area contributed by atoms with Gasteiger partial charge >= 0.3 is 0 Å². The lowest BCUT2D eigenvalue weighted by molar-refractivity contribution is 0.544. The molecule has 0 aliphatic carbocycles. The molecule has 1 unspecified atom stereocenters. The molecule has 0 aliphatic heterocycles. The summed E-state index contributed by atoms with van der Waals surface area (Å²) in [7, 11) is 0. The van der Waals surface area contributed by atoms with E-state index < -0.39 is 0 Å². The van der Waals surface area contributed by atoms with Gasteiger partial charge in [-0.1, -0.05) is 35.3 Å². The molecule has 0 heterocycles. The summed E-state index contributed by atoms with van der Waals surface area (Å²) in [5, 5.41) is 4.68. The van der Waals surface area contributed by atoms with Gasteiger partial charge in [-0.2, -0.15) is 0 Å². The summed E-state index contributed by atoms with van der Waals surface area (Å²) in [6, 6.07) is 12.4. The highest BCUT2D eigenvalue weighted by molar-refractivity contribution is 6.34. The van der Waals surface area contributed by atoms with E-state index in [0.717, 1.165) is 17.5 Å². The summed E-state index contributed by atoms with van der Waals surface area (Å²) >= 11 is 11.9. The van der Waals surface area contributed by atoms with Crippen LogP contribution in [-0.4, -0.2) is 6.04 Å². The highest BCUT2D eigenvalue weighted by Gasteiger charge is 2.05. The molecule has 0 saturated heterocycles. The minimum Gasteiger partial charge on any atom is -0.310 e. The smallest absolute Gasteiger partial charge is 0.123 e. The highest BCUT2D eigenvalue weighted by atomic mass is 35.5. The largest absolute Gasteiger partial charge is 0.310 e. The Hall–Kier alpha value is -1.09. The Morgan fingerprint density at radius 3 is 2.20 bits per heavy atom. The van der Waals surface area contributed by atoms with E-state index in [4.69, 9.17) is 23.2 Å². The fraction of sp³-hybridized carbons (Fsp3) is 0.250. The van der Waals surface area contributed by atoms with Crippen LogP contribution < -0.4 is 5.32 Å².